The molecule has 0 bridgehead atoms. The SMILES string of the molecule is CCS(=O)(=O)N1CCC(NC(=O)[C@H](NS(=O)(=O)c2ccccc2)C(C)C)CC1. The number of rotatable bonds is 8. The number of benzene rings is 1. The molecule has 1 amide bonds. The average molecular weight is 432 g/mol. The highest BCUT2D eigenvalue weighted by Crippen LogP contribution is 2.16. The summed E-state index contributed by atoms with van der Waals surface area (Å²) in [6, 6.07) is 6.81. The highest BCUT2D eigenvalue weighted by Gasteiger charge is 2.32. The van der Waals surface area contributed by atoms with Gasteiger partial charge in [-0.1, -0.05) is 32.0 Å². The zero-order chi connectivity index (χ0) is 20.9. The monoisotopic (exact) mass is 431 g/mol. The normalized spacial score (nSPS) is 18.1. The van der Waals surface area contributed by atoms with E-state index in [0.717, 1.165) is 0 Å². The third-order valence-corrected chi connectivity index (χ3v) is 8.18. The number of piperidine rings is 1. The molecule has 1 fully saturated rings. The first-order valence-corrected chi connectivity index (χ1v) is 12.5. The molecule has 2 rings (SSSR count). The van der Waals surface area contributed by atoms with Gasteiger partial charge in [0.2, 0.25) is 26.0 Å². The molecule has 0 aliphatic carbocycles. The molecule has 158 valence electrons. The van der Waals surface area contributed by atoms with Crippen LogP contribution >= 0.6 is 0 Å². The van der Waals surface area contributed by atoms with Crippen molar-refractivity contribution in [3.05, 3.63) is 30.3 Å². The molecule has 1 heterocycles. The van der Waals surface area contributed by atoms with E-state index in [2.05, 4.69) is 10.0 Å². The third kappa shape index (κ3) is 5.76. The fourth-order valence-corrected chi connectivity index (χ4v) is 5.58. The van der Waals surface area contributed by atoms with Gasteiger partial charge in [0, 0.05) is 19.1 Å². The van der Waals surface area contributed by atoms with E-state index in [1.807, 2.05) is 0 Å². The van der Waals surface area contributed by atoms with Gasteiger partial charge in [-0.15, -0.1) is 0 Å². The number of carbonyl (C=O) groups is 1. The summed E-state index contributed by atoms with van der Waals surface area (Å²) in [6.07, 6.45) is 1.00. The van der Waals surface area contributed by atoms with Crippen molar-refractivity contribution in [1.82, 2.24) is 14.3 Å². The van der Waals surface area contributed by atoms with Gasteiger partial charge in [0.05, 0.1) is 10.6 Å². The Kier molecular flexibility index (Phi) is 7.60. The van der Waals surface area contributed by atoms with Gasteiger partial charge in [-0.25, -0.2) is 21.1 Å². The van der Waals surface area contributed by atoms with Crippen molar-refractivity contribution in [2.75, 3.05) is 18.8 Å². The first kappa shape index (κ1) is 22.8. The zero-order valence-corrected chi connectivity index (χ0v) is 18.1. The van der Waals surface area contributed by atoms with E-state index in [0.29, 0.717) is 25.9 Å². The molecule has 2 N–H and O–H groups in total. The highest BCUT2D eigenvalue weighted by atomic mass is 32.2. The summed E-state index contributed by atoms with van der Waals surface area (Å²) in [5.74, 6) is -0.592. The van der Waals surface area contributed by atoms with Gasteiger partial charge < -0.3 is 5.32 Å². The molecule has 0 radical (unpaired) electrons. The molecule has 0 spiro atoms. The fraction of sp³-hybridized carbons (Fsp3) is 0.611. The summed E-state index contributed by atoms with van der Waals surface area (Å²) in [6.45, 7) is 5.85. The smallest absolute Gasteiger partial charge is 0.241 e. The highest BCUT2D eigenvalue weighted by molar-refractivity contribution is 7.89. The second-order valence-corrected chi connectivity index (χ2v) is 11.2. The number of sulfonamides is 2. The van der Waals surface area contributed by atoms with Gasteiger partial charge in [-0.05, 0) is 37.8 Å². The molecule has 0 saturated carbocycles. The Morgan fingerprint density at radius 2 is 1.68 bits per heavy atom. The summed E-state index contributed by atoms with van der Waals surface area (Å²) < 4.78 is 52.9. The number of nitrogens with one attached hydrogen (secondary N) is 2. The molecule has 28 heavy (non-hydrogen) atoms. The molecule has 1 saturated heterocycles. The van der Waals surface area contributed by atoms with Crippen LogP contribution in [0.15, 0.2) is 35.2 Å². The Morgan fingerprint density at radius 1 is 1.11 bits per heavy atom. The van der Waals surface area contributed by atoms with Crippen molar-refractivity contribution >= 4 is 26.0 Å². The second-order valence-electron chi connectivity index (χ2n) is 7.24. The van der Waals surface area contributed by atoms with Crippen molar-refractivity contribution in [3.8, 4) is 0 Å². The standard InChI is InChI=1S/C18H29N3O5S2/c1-4-27(23,24)21-12-10-15(11-13-21)19-18(22)17(14(2)3)20-28(25,26)16-8-6-5-7-9-16/h5-9,14-15,17,20H,4,10-13H2,1-3H3,(H,19,22)/t17-/m1/s1. The van der Waals surface area contributed by atoms with Crippen LogP contribution in [0, 0.1) is 5.92 Å². The van der Waals surface area contributed by atoms with E-state index in [1.165, 1.54) is 16.4 Å². The lowest BCUT2D eigenvalue weighted by Crippen LogP contribution is -2.54. The van der Waals surface area contributed by atoms with E-state index in [-0.39, 0.29) is 22.6 Å². The van der Waals surface area contributed by atoms with Crippen LogP contribution in [0.5, 0.6) is 0 Å². The van der Waals surface area contributed by atoms with Crippen molar-refractivity contribution in [2.45, 2.75) is 50.6 Å². The average Bonchev–Trinajstić information content (AvgIpc) is 2.67. The fourth-order valence-electron chi connectivity index (χ4n) is 3.08. The lowest BCUT2D eigenvalue weighted by molar-refractivity contribution is -0.124. The first-order chi connectivity index (χ1) is 13.1. The molecule has 1 aromatic rings. The largest absolute Gasteiger partial charge is 0.352 e. The maximum absolute atomic E-state index is 12.7. The van der Waals surface area contributed by atoms with Crippen LogP contribution in [0.4, 0.5) is 0 Å². The van der Waals surface area contributed by atoms with Crippen molar-refractivity contribution in [1.29, 1.82) is 0 Å². The Hall–Kier alpha value is -1.49. The van der Waals surface area contributed by atoms with Crippen LogP contribution < -0.4 is 10.0 Å². The lowest BCUT2D eigenvalue weighted by atomic mass is 10.0. The van der Waals surface area contributed by atoms with Crippen LogP contribution in [0.2, 0.25) is 0 Å². The minimum absolute atomic E-state index is 0.0563. The van der Waals surface area contributed by atoms with Crippen LogP contribution in [-0.2, 0) is 24.8 Å². The Bertz CT molecular complexity index is 862. The van der Waals surface area contributed by atoms with Crippen LogP contribution in [0.3, 0.4) is 0 Å². The molecule has 1 aliphatic rings. The summed E-state index contributed by atoms with van der Waals surface area (Å²) in [5.41, 5.74) is 0. The molecule has 10 heteroatoms. The lowest BCUT2D eigenvalue weighted by Gasteiger charge is -2.32. The summed E-state index contributed by atoms with van der Waals surface area (Å²) >= 11 is 0. The number of hydrogen-bond acceptors (Lipinski definition) is 5. The predicted octanol–water partition coefficient (Wildman–Crippen LogP) is 0.920. The van der Waals surface area contributed by atoms with Gasteiger partial charge in [-0.3, -0.25) is 4.79 Å². The summed E-state index contributed by atoms with van der Waals surface area (Å²) in [5, 5.41) is 2.88. The van der Waals surface area contributed by atoms with Gasteiger partial charge in [-0.2, -0.15) is 4.72 Å². The van der Waals surface area contributed by atoms with E-state index in [9.17, 15) is 21.6 Å². The Morgan fingerprint density at radius 3 is 2.18 bits per heavy atom. The summed E-state index contributed by atoms with van der Waals surface area (Å²) in [4.78, 5) is 12.8. The molecule has 1 aromatic carbocycles. The number of carbonyl (C=O) groups excluding carboxylic acids is 1. The molecule has 8 nitrogen and oxygen atoms in total. The quantitative estimate of drug-likeness (QED) is 0.636. The maximum atomic E-state index is 12.7. The maximum Gasteiger partial charge on any atom is 0.241 e. The van der Waals surface area contributed by atoms with Gasteiger partial charge in [0.1, 0.15) is 6.04 Å². The molecule has 0 aromatic heterocycles. The van der Waals surface area contributed by atoms with Crippen molar-refractivity contribution in [2.24, 2.45) is 5.92 Å². The summed E-state index contributed by atoms with van der Waals surface area (Å²) in [7, 11) is -7.05. The van der Waals surface area contributed by atoms with E-state index < -0.39 is 32.0 Å². The van der Waals surface area contributed by atoms with E-state index in [1.54, 1.807) is 39.0 Å². The molecular formula is C18H29N3O5S2. The topological polar surface area (TPSA) is 113 Å². The van der Waals surface area contributed by atoms with Gasteiger partial charge in [0.15, 0.2) is 0 Å². The zero-order valence-electron chi connectivity index (χ0n) is 16.5. The van der Waals surface area contributed by atoms with Crippen LogP contribution in [0.1, 0.15) is 33.6 Å². The number of hydrogen-bond donors (Lipinski definition) is 2. The van der Waals surface area contributed by atoms with Crippen LogP contribution in [-0.4, -0.2) is 58.0 Å². The third-order valence-electron chi connectivity index (χ3n) is 4.84. The minimum atomic E-state index is -3.82. The first-order valence-electron chi connectivity index (χ1n) is 9.42. The predicted molar refractivity (Wildman–Crippen MR) is 108 cm³/mol. The van der Waals surface area contributed by atoms with Gasteiger partial charge >= 0.3 is 0 Å². The van der Waals surface area contributed by atoms with E-state index >= 15 is 0 Å². The molecule has 0 unspecified atom stereocenters. The molecule has 1 atom stereocenters. The van der Waals surface area contributed by atoms with Crippen molar-refractivity contribution in [3.63, 3.8) is 0 Å². The Balaban J connectivity index is 2.01. The number of nitrogens with zero attached hydrogens (tertiary/aromatic N) is 1. The van der Waals surface area contributed by atoms with Crippen LogP contribution in [0.25, 0.3) is 0 Å². The number of amides is 1. The Labute approximate surface area is 167 Å². The van der Waals surface area contributed by atoms with Gasteiger partial charge in [0.25, 0.3) is 0 Å². The minimum Gasteiger partial charge on any atom is -0.352 e. The van der Waals surface area contributed by atoms with Crippen molar-refractivity contribution < 1.29 is 21.6 Å². The molecule has 1 aliphatic heterocycles. The second kappa shape index (κ2) is 9.34. The van der Waals surface area contributed by atoms with E-state index in [4.69, 9.17) is 0 Å². The molecular weight excluding hydrogens is 402 g/mol.